The molecule has 0 fully saturated rings. The summed E-state index contributed by atoms with van der Waals surface area (Å²) < 4.78 is 12.9. The lowest BCUT2D eigenvalue weighted by Crippen LogP contribution is -2.12. The topological polar surface area (TPSA) is 66.5 Å². The zero-order chi connectivity index (χ0) is 10.7. The Kier molecular flexibility index (Phi) is 3.86. The lowest BCUT2D eigenvalue weighted by atomic mass is 10.0. The molecule has 0 saturated carbocycles. The van der Waals surface area contributed by atoms with E-state index in [9.17, 15) is 9.50 Å². The molecule has 1 aromatic carbocycles. The minimum absolute atomic E-state index is 0.00314. The van der Waals surface area contributed by atoms with Gasteiger partial charge in [0.2, 0.25) is 0 Å². The molecule has 0 bridgehead atoms. The summed E-state index contributed by atoms with van der Waals surface area (Å²) in [7, 11) is 0. The van der Waals surface area contributed by atoms with Crippen LogP contribution < -0.4 is 5.73 Å². The summed E-state index contributed by atoms with van der Waals surface area (Å²) in [5, 5.41) is 18.2. The summed E-state index contributed by atoms with van der Waals surface area (Å²) >= 11 is 2.91. The number of hydrogen-bond acceptors (Lipinski definition) is 3. The number of benzene rings is 1. The molecule has 0 aliphatic rings. The molecule has 5 heteroatoms. The second-order valence-corrected chi connectivity index (χ2v) is 3.71. The second kappa shape index (κ2) is 4.72. The van der Waals surface area contributed by atoms with E-state index < -0.39 is 11.9 Å². The molecule has 0 saturated heterocycles. The molecule has 0 amide bonds. The van der Waals surface area contributed by atoms with Gasteiger partial charge in [0.05, 0.1) is 4.47 Å². The number of aromatic hydroxyl groups is 1. The van der Waals surface area contributed by atoms with Gasteiger partial charge >= 0.3 is 0 Å². The molecule has 0 aliphatic carbocycles. The van der Waals surface area contributed by atoms with E-state index in [1.165, 1.54) is 12.1 Å². The maximum atomic E-state index is 12.9. The van der Waals surface area contributed by atoms with Gasteiger partial charge in [0.25, 0.3) is 0 Å². The van der Waals surface area contributed by atoms with Gasteiger partial charge in [0.1, 0.15) is 11.6 Å². The molecule has 1 atom stereocenters. The molecule has 0 radical (unpaired) electrons. The van der Waals surface area contributed by atoms with Crippen LogP contribution in [0.5, 0.6) is 5.75 Å². The number of phenolic OH excluding ortho intramolecular Hbond substituents is 1. The van der Waals surface area contributed by atoms with Crippen LogP contribution in [0.1, 0.15) is 18.0 Å². The van der Waals surface area contributed by atoms with Gasteiger partial charge in [-0.2, -0.15) is 0 Å². The van der Waals surface area contributed by atoms with E-state index in [1.807, 2.05) is 0 Å². The summed E-state index contributed by atoms with van der Waals surface area (Å²) in [6.07, 6.45) is 0.325. The zero-order valence-corrected chi connectivity index (χ0v) is 8.96. The molecule has 78 valence electrons. The van der Waals surface area contributed by atoms with Crippen LogP contribution in [0.25, 0.3) is 0 Å². The predicted octanol–water partition coefficient (Wildman–Crippen LogP) is 1.68. The van der Waals surface area contributed by atoms with Crippen LogP contribution in [-0.2, 0) is 0 Å². The van der Waals surface area contributed by atoms with Crippen molar-refractivity contribution in [2.75, 3.05) is 6.61 Å². The average molecular weight is 264 g/mol. The Hall–Kier alpha value is -0.650. The summed E-state index contributed by atoms with van der Waals surface area (Å²) in [6, 6.07) is 2.14. The molecule has 0 aliphatic heterocycles. The smallest absolute Gasteiger partial charge is 0.141 e. The fourth-order valence-corrected chi connectivity index (χ4v) is 1.51. The second-order valence-electron chi connectivity index (χ2n) is 2.92. The molecule has 14 heavy (non-hydrogen) atoms. The van der Waals surface area contributed by atoms with Gasteiger partial charge in [-0.25, -0.2) is 4.39 Å². The molecule has 0 spiro atoms. The van der Waals surface area contributed by atoms with Gasteiger partial charge in [-0.1, -0.05) is 6.07 Å². The van der Waals surface area contributed by atoms with Crippen molar-refractivity contribution in [2.24, 2.45) is 5.73 Å². The van der Waals surface area contributed by atoms with Crippen LogP contribution in [0.2, 0.25) is 0 Å². The molecular weight excluding hydrogens is 253 g/mol. The first kappa shape index (κ1) is 11.4. The number of aliphatic hydroxyl groups is 1. The highest BCUT2D eigenvalue weighted by molar-refractivity contribution is 9.10. The van der Waals surface area contributed by atoms with Crippen molar-refractivity contribution in [2.45, 2.75) is 12.5 Å². The maximum Gasteiger partial charge on any atom is 0.141 e. The van der Waals surface area contributed by atoms with Gasteiger partial charge in [-0.05, 0) is 28.4 Å². The average Bonchev–Trinajstić information content (AvgIpc) is 2.15. The van der Waals surface area contributed by atoms with Crippen LogP contribution in [0.15, 0.2) is 16.6 Å². The third-order valence-corrected chi connectivity index (χ3v) is 2.69. The predicted molar refractivity (Wildman–Crippen MR) is 54.4 cm³/mol. The van der Waals surface area contributed by atoms with E-state index >= 15 is 0 Å². The third kappa shape index (κ3) is 2.23. The highest BCUT2D eigenvalue weighted by Gasteiger charge is 2.15. The van der Waals surface area contributed by atoms with Gasteiger partial charge in [-0.15, -0.1) is 0 Å². The molecule has 0 unspecified atom stereocenters. The molecular formula is C9H11BrFNO2. The van der Waals surface area contributed by atoms with Crippen molar-refractivity contribution < 1.29 is 14.6 Å². The standard InChI is InChI=1S/C9H11BrFNO2/c10-8-6(11)2-1-5(9(8)14)7(12)3-4-13/h1-2,7,13-14H,3-4,12H2/t7-/m1/s1. The molecule has 0 heterocycles. The SMILES string of the molecule is N[C@H](CCO)c1ccc(F)c(Br)c1O. The summed E-state index contributed by atoms with van der Waals surface area (Å²) in [5.74, 6) is -0.742. The first-order valence-electron chi connectivity index (χ1n) is 4.11. The van der Waals surface area contributed by atoms with Gasteiger partial charge in [0, 0.05) is 18.2 Å². The lowest BCUT2D eigenvalue weighted by molar-refractivity contribution is 0.275. The van der Waals surface area contributed by atoms with E-state index in [0.717, 1.165) is 0 Å². The Morgan fingerprint density at radius 3 is 2.71 bits per heavy atom. The number of phenols is 1. The van der Waals surface area contributed by atoms with Crippen molar-refractivity contribution in [3.63, 3.8) is 0 Å². The van der Waals surface area contributed by atoms with Crippen LogP contribution in [0.4, 0.5) is 4.39 Å². The Labute approximate surface area is 89.5 Å². The van der Waals surface area contributed by atoms with Crippen LogP contribution in [0.3, 0.4) is 0 Å². The highest BCUT2D eigenvalue weighted by Crippen LogP contribution is 2.33. The van der Waals surface area contributed by atoms with E-state index in [2.05, 4.69) is 15.9 Å². The van der Waals surface area contributed by atoms with Crippen molar-refractivity contribution in [1.82, 2.24) is 0 Å². The van der Waals surface area contributed by atoms with E-state index in [4.69, 9.17) is 10.8 Å². The minimum Gasteiger partial charge on any atom is -0.506 e. The van der Waals surface area contributed by atoms with Gasteiger partial charge in [0.15, 0.2) is 0 Å². The number of rotatable bonds is 3. The Morgan fingerprint density at radius 1 is 1.50 bits per heavy atom. The van der Waals surface area contributed by atoms with Gasteiger partial charge < -0.3 is 15.9 Å². The number of halogens is 2. The molecule has 1 rings (SSSR count). The van der Waals surface area contributed by atoms with Crippen molar-refractivity contribution in [1.29, 1.82) is 0 Å². The van der Waals surface area contributed by atoms with E-state index in [-0.39, 0.29) is 16.8 Å². The summed E-state index contributed by atoms with van der Waals surface area (Å²) in [6.45, 7) is -0.0738. The first-order valence-corrected chi connectivity index (χ1v) is 4.90. The monoisotopic (exact) mass is 263 g/mol. The molecule has 3 nitrogen and oxygen atoms in total. The van der Waals surface area contributed by atoms with Crippen molar-refractivity contribution in [3.05, 3.63) is 28.0 Å². The quantitative estimate of drug-likeness (QED) is 0.778. The van der Waals surface area contributed by atoms with Crippen LogP contribution in [0, 0.1) is 5.82 Å². The Balaban J connectivity index is 3.04. The fourth-order valence-electron chi connectivity index (χ4n) is 1.15. The number of hydrogen-bond donors (Lipinski definition) is 3. The summed E-state index contributed by atoms with van der Waals surface area (Å²) in [4.78, 5) is 0. The molecule has 4 N–H and O–H groups in total. The lowest BCUT2D eigenvalue weighted by Gasteiger charge is -2.13. The summed E-state index contributed by atoms with van der Waals surface area (Å²) in [5.41, 5.74) is 6.09. The molecule has 1 aromatic rings. The van der Waals surface area contributed by atoms with Crippen LogP contribution in [-0.4, -0.2) is 16.8 Å². The van der Waals surface area contributed by atoms with Crippen molar-refractivity contribution in [3.8, 4) is 5.75 Å². The zero-order valence-electron chi connectivity index (χ0n) is 7.37. The van der Waals surface area contributed by atoms with E-state index in [0.29, 0.717) is 12.0 Å². The Morgan fingerprint density at radius 2 is 2.14 bits per heavy atom. The third-order valence-electron chi connectivity index (χ3n) is 1.94. The fraction of sp³-hybridized carbons (Fsp3) is 0.333. The van der Waals surface area contributed by atoms with Crippen LogP contribution >= 0.6 is 15.9 Å². The van der Waals surface area contributed by atoms with Gasteiger partial charge in [-0.3, -0.25) is 0 Å². The number of aliphatic hydroxyl groups excluding tert-OH is 1. The molecule has 0 aromatic heterocycles. The first-order chi connectivity index (χ1) is 6.57. The van der Waals surface area contributed by atoms with E-state index in [1.54, 1.807) is 0 Å². The Bertz CT molecular complexity index is 333. The number of nitrogens with two attached hydrogens (primary N) is 1. The normalized spacial score (nSPS) is 12.9. The van der Waals surface area contributed by atoms with Crippen molar-refractivity contribution >= 4 is 15.9 Å². The minimum atomic E-state index is -0.539. The largest absolute Gasteiger partial charge is 0.506 e. The maximum absolute atomic E-state index is 12.9. The highest BCUT2D eigenvalue weighted by atomic mass is 79.9.